The largest absolute Gasteiger partial charge is 0.383 e. The SMILES string of the molecule is COCCN(Cc1cccn1C)C(=O)CN(CCOC)C(=O)c1ccccc1Br. The summed E-state index contributed by atoms with van der Waals surface area (Å²) in [6.07, 6.45) is 1.94. The van der Waals surface area contributed by atoms with Gasteiger partial charge in [-0.3, -0.25) is 9.59 Å². The molecular formula is C21H28BrN3O4. The summed E-state index contributed by atoms with van der Waals surface area (Å²) in [7, 11) is 5.12. The summed E-state index contributed by atoms with van der Waals surface area (Å²) < 4.78 is 13.0. The van der Waals surface area contributed by atoms with Crippen LogP contribution in [0.5, 0.6) is 0 Å². The van der Waals surface area contributed by atoms with Crippen LogP contribution in [-0.4, -0.2) is 73.2 Å². The molecule has 0 fully saturated rings. The van der Waals surface area contributed by atoms with Crippen molar-refractivity contribution in [3.63, 3.8) is 0 Å². The van der Waals surface area contributed by atoms with E-state index in [0.29, 0.717) is 42.9 Å². The van der Waals surface area contributed by atoms with Gasteiger partial charge in [0.15, 0.2) is 0 Å². The van der Waals surface area contributed by atoms with Gasteiger partial charge < -0.3 is 23.8 Å². The van der Waals surface area contributed by atoms with Crippen LogP contribution >= 0.6 is 15.9 Å². The Hall–Kier alpha value is -2.16. The van der Waals surface area contributed by atoms with Gasteiger partial charge in [-0.2, -0.15) is 0 Å². The normalized spacial score (nSPS) is 10.8. The van der Waals surface area contributed by atoms with Crippen molar-refractivity contribution in [1.82, 2.24) is 14.4 Å². The molecule has 0 bridgehead atoms. The molecule has 0 atom stereocenters. The molecule has 1 heterocycles. The van der Waals surface area contributed by atoms with Crippen LogP contribution in [0.1, 0.15) is 16.1 Å². The van der Waals surface area contributed by atoms with Gasteiger partial charge in [0, 0.05) is 50.7 Å². The lowest BCUT2D eigenvalue weighted by atomic mass is 10.2. The van der Waals surface area contributed by atoms with Gasteiger partial charge in [0.1, 0.15) is 6.54 Å². The van der Waals surface area contributed by atoms with E-state index < -0.39 is 0 Å². The van der Waals surface area contributed by atoms with Crippen LogP contribution in [0.25, 0.3) is 0 Å². The number of aryl methyl sites for hydroxylation is 1. The highest BCUT2D eigenvalue weighted by Crippen LogP contribution is 2.18. The van der Waals surface area contributed by atoms with E-state index in [1.807, 2.05) is 42.1 Å². The van der Waals surface area contributed by atoms with E-state index in [4.69, 9.17) is 9.47 Å². The quantitative estimate of drug-likeness (QED) is 0.511. The Kier molecular flexibility index (Phi) is 9.37. The molecule has 1 aromatic heterocycles. The average molecular weight is 466 g/mol. The molecule has 2 amide bonds. The van der Waals surface area contributed by atoms with Crippen molar-refractivity contribution in [3.8, 4) is 0 Å². The highest BCUT2D eigenvalue weighted by atomic mass is 79.9. The van der Waals surface area contributed by atoms with Gasteiger partial charge in [-0.05, 0) is 40.2 Å². The fourth-order valence-electron chi connectivity index (χ4n) is 2.87. The summed E-state index contributed by atoms with van der Waals surface area (Å²) in [6, 6.07) is 11.1. The first kappa shape index (κ1) is 23.1. The summed E-state index contributed by atoms with van der Waals surface area (Å²) in [5.74, 6) is -0.354. The van der Waals surface area contributed by atoms with Crippen LogP contribution in [-0.2, 0) is 27.9 Å². The number of carbonyl (C=O) groups is 2. The molecule has 0 saturated carbocycles. The number of aromatic nitrogens is 1. The molecule has 0 saturated heterocycles. The number of rotatable bonds is 11. The van der Waals surface area contributed by atoms with Gasteiger partial charge in [-0.1, -0.05) is 12.1 Å². The Balaban J connectivity index is 2.17. The summed E-state index contributed by atoms with van der Waals surface area (Å²) >= 11 is 3.42. The minimum Gasteiger partial charge on any atom is -0.383 e. The summed E-state index contributed by atoms with van der Waals surface area (Å²) in [6.45, 7) is 1.96. The molecule has 2 rings (SSSR count). The lowest BCUT2D eigenvalue weighted by Crippen LogP contribution is -2.45. The number of amides is 2. The minimum atomic E-state index is -0.214. The number of carbonyl (C=O) groups excluding carboxylic acids is 2. The molecule has 1 aromatic carbocycles. The monoisotopic (exact) mass is 465 g/mol. The van der Waals surface area contributed by atoms with Crippen molar-refractivity contribution in [2.75, 3.05) is 47.1 Å². The van der Waals surface area contributed by atoms with Crippen molar-refractivity contribution in [1.29, 1.82) is 0 Å². The summed E-state index contributed by atoms with van der Waals surface area (Å²) in [4.78, 5) is 29.4. The molecule has 0 aliphatic rings. The maximum Gasteiger partial charge on any atom is 0.255 e. The molecular weight excluding hydrogens is 438 g/mol. The third-order valence-corrected chi connectivity index (χ3v) is 5.30. The van der Waals surface area contributed by atoms with E-state index in [2.05, 4.69) is 15.9 Å². The zero-order chi connectivity index (χ0) is 21.2. The standard InChI is InChI=1S/C21H28BrN3O4/c1-23-10-6-7-17(23)15-24(11-13-28-2)20(26)16-25(12-14-29-3)21(27)18-8-4-5-9-19(18)22/h4-10H,11-16H2,1-3H3. The van der Waals surface area contributed by atoms with Crippen LogP contribution in [0.3, 0.4) is 0 Å². The van der Waals surface area contributed by atoms with Gasteiger partial charge in [-0.15, -0.1) is 0 Å². The molecule has 0 spiro atoms. The van der Waals surface area contributed by atoms with E-state index in [9.17, 15) is 9.59 Å². The molecule has 0 N–H and O–H groups in total. The third-order valence-electron chi connectivity index (χ3n) is 4.61. The molecule has 158 valence electrons. The van der Waals surface area contributed by atoms with E-state index in [1.165, 1.54) is 4.90 Å². The second-order valence-electron chi connectivity index (χ2n) is 6.62. The number of ether oxygens (including phenoxy) is 2. The zero-order valence-corrected chi connectivity index (χ0v) is 18.7. The Morgan fingerprint density at radius 3 is 2.24 bits per heavy atom. The first-order valence-electron chi connectivity index (χ1n) is 9.37. The van der Waals surface area contributed by atoms with Crippen molar-refractivity contribution in [2.24, 2.45) is 7.05 Å². The molecule has 8 heteroatoms. The summed E-state index contributed by atoms with van der Waals surface area (Å²) in [5.41, 5.74) is 1.53. The Labute approximate surface area is 180 Å². The molecule has 0 aliphatic carbocycles. The van der Waals surface area contributed by atoms with Crippen LogP contribution in [0.2, 0.25) is 0 Å². The number of benzene rings is 1. The van der Waals surface area contributed by atoms with Gasteiger partial charge in [-0.25, -0.2) is 0 Å². The maximum atomic E-state index is 13.1. The number of hydrogen-bond donors (Lipinski definition) is 0. The van der Waals surface area contributed by atoms with Crippen LogP contribution in [0.15, 0.2) is 47.1 Å². The second-order valence-corrected chi connectivity index (χ2v) is 7.47. The van der Waals surface area contributed by atoms with Crippen molar-refractivity contribution >= 4 is 27.7 Å². The minimum absolute atomic E-state index is 0.0301. The molecule has 0 radical (unpaired) electrons. The lowest BCUT2D eigenvalue weighted by Gasteiger charge is -2.28. The van der Waals surface area contributed by atoms with E-state index in [0.717, 1.165) is 5.69 Å². The van der Waals surface area contributed by atoms with Crippen molar-refractivity contribution < 1.29 is 19.1 Å². The van der Waals surface area contributed by atoms with E-state index in [1.54, 1.807) is 31.3 Å². The van der Waals surface area contributed by atoms with Crippen LogP contribution < -0.4 is 0 Å². The smallest absolute Gasteiger partial charge is 0.255 e. The molecule has 0 unspecified atom stereocenters. The number of hydrogen-bond acceptors (Lipinski definition) is 4. The number of nitrogens with zero attached hydrogens (tertiary/aromatic N) is 3. The molecule has 0 aliphatic heterocycles. The van der Waals surface area contributed by atoms with Crippen LogP contribution in [0.4, 0.5) is 0 Å². The van der Waals surface area contributed by atoms with E-state index >= 15 is 0 Å². The highest BCUT2D eigenvalue weighted by molar-refractivity contribution is 9.10. The molecule has 2 aromatic rings. The Morgan fingerprint density at radius 2 is 1.66 bits per heavy atom. The maximum absolute atomic E-state index is 13.1. The number of halogens is 1. The third kappa shape index (κ3) is 6.69. The number of methoxy groups -OCH3 is 2. The first-order valence-corrected chi connectivity index (χ1v) is 10.2. The van der Waals surface area contributed by atoms with E-state index in [-0.39, 0.29) is 18.4 Å². The summed E-state index contributed by atoms with van der Waals surface area (Å²) in [5, 5.41) is 0. The predicted molar refractivity (Wildman–Crippen MR) is 115 cm³/mol. The van der Waals surface area contributed by atoms with Gasteiger partial charge in [0.25, 0.3) is 5.91 Å². The van der Waals surface area contributed by atoms with Crippen LogP contribution in [0, 0.1) is 0 Å². The van der Waals surface area contributed by atoms with Gasteiger partial charge in [0.05, 0.1) is 25.3 Å². The van der Waals surface area contributed by atoms with Crippen molar-refractivity contribution in [2.45, 2.75) is 6.54 Å². The Morgan fingerprint density at radius 1 is 1.00 bits per heavy atom. The second kappa shape index (κ2) is 11.7. The first-order chi connectivity index (χ1) is 14.0. The van der Waals surface area contributed by atoms with Gasteiger partial charge in [0.2, 0.25) is 5.91 Å². The zero-order valence-electron chi connectivity index (χ0n) is 17.1. The molecule has 7 nitrogen and oxygen atoms in total. The topological polar surface area (TPSA) is 64.0 Å². The van der Waals surface area contributed by atoms with Gasteiger partial charge >= 0.3 is 0 Å². The molecule has 29 heavy (non-hydrogen) atoms. The fourth-order valence-corrected chi connectivity index (χ4v) is 3.33. The lowest BCUT2D eigenvalue weighted by molar-refractivity contribution is -0.133. The highest BCUT2D eigenvalue weighted by Gasteiger charge is 2.24. The Bertz CT molecular complexity index is 809. The fraction of sp³-hybridized carbons (Fsp3) is 0.429. The van der Waals surface area contributed by atoms with Crippen molar-refractivity contribution in [3.05, 3.63) is 58.3 Å². The predicted octanol–water partition coefficient (Wildman–Crippen LogP) is 2.55. The average Bonchev–Trinajstić information content (AvgIpc) is 3.12.